The van der Waals surface area contributed by atoms with Crippen molar-refractivity contribution in [3.8, 4) is 0 Å². The zero-order chi connectivity index (χ0) is 18.5. The zero-order valence-electron chi connectivity index (χ0n) is 15.3. The van der Waals surface area contributed by atoms with E-state index in [-0.39, 0.29) is 11.7 Å². The molecule has 0 aliphatic carbocycles. The molecule has 1 aromatic carbocycles. The monoisotopic (exact) mass is 356 g/mol. The number of anilines is 1. The number of aryl methyl sites for hydroxylation is 2. The molecular weight excluding hydrogens is 331 g/mol. The number of rotatable bonds is 6. The Hall–Kier alpha value is -2.47. The number of benzene rings is 1. The Morgan fingerprint density at radius 2 is 2.23 bits per heavy atom. The summed E-state index contributed by atoms with van der Waals surface area (Å²) in [5, 5.41) is 7.13. The van der Waals surface area contributed by atoms with Crippen molar-refractivity contribution in [2.75, 3.05) is 25.0 Å². The Bertz CT molecular complexity index is 812. The Balaban J connectivity index is 1.48. The highest BCUT2D eigenvalue weighted by molar-refractivity contribution is 5.91. The number of halogens is 1. The SMILES string of the molecule is CCn1cc(C2=CCN(CCC(=O)Nc3cc(F)ccc3C)CC2)cn1. The summed E-state index contributed by atoms with van der Waals surface area (Å²) >= 11 is 0. The van der Waals surface area contributed by atoms with Crippen LogP contribution in [0.1, 0.15) is 30.9 Å². The fraction of sp³-hybridized carbons (Fsp3) is 0.400. The average molecular weight is 356 g/mol. The standard InChI is InChI=1S/C20H25FN4O/c1-3-25-14-17(13-22-25)16-6-9-24(10-7-16)11-8-20(26)23-19-12-18(21)5-4-15(19)2/h4-6,12-14H,3,7-11H2,1-2H3,(H,23,26). The van der Waals surface area contributed by atoms with Crippen molar-refractivity contribution in [3.05, 3.63) is 53.6 Å². The molecule has 5 nitrogen and oxygen atoms in total. The summed E-state index contributed by atoms with van der Waals surface area (Å²) in [5.74, 6) is -0.427. The van der Waals surface area contributed by atoms with Crippen molar-refractivity contribution >= 4 is 17.2 Å². The van der Waals surface area contributed by atoms with E-state index < -0.39 is 0 Å². The lowest BCUT2D eigenvalue weighted by Crippen LogP contribution is -2.31. The van der Waals surface area contributed by atoms with Gasteiger partial charge in [-0.05, 0) is 43.5 Å². The van der Waals surface area contributed by atoms with Crippen LogP contribution in [0.15, 0.2) is 36.7 Å². The fourth-order valence-corrected chi connectivity index (χ4v) is 3.08. The van der Waals surface area contributed by atoms with Crippen LogP contribution < -0.4 is 5.32 Å². The van der Waals surface area contributed by atoms with Gasteiger partial charge in [0.05, 0.1) is 6.20 Å². The summed E-state index contributed by atoms with van der Waals surface area (Å²) in [7, 11) is 0. The second-order valence-electron chi connectivity index (χ2n) is 6.62. The molecule has 1 amide bonds. The number of carbonyl (C=O) groups excluding carboxylic acids is 1. The second-order valence-corrected chi connectivity index (χ2v) is 6.62. The molecule has 0 bridgehead atoms. The topological polar surface area (TPSA) is 50.2 Å². The van der Waals surface area contributed by atoms with Crippen LogP contribution in [0, 0.1) is 12.7 Å². The largest absolute Gasteiger partial charge is 0.326 e. The Labute approximate surface area is 153 Å². The number of nitrogens with zero attached hydrogens (tertiary/aromatic N) is 3. The number of aromatic nitrogens is 2. The third-order valence-corrected chi connectivity index (χ3v) is 4.75. The molecule has 0 spiro atoms. The zero-order valence-corrected chi connectivity index (χ0v) is 15.3. The van der Waals surface area contributed by atoms with Crippen molar-refractivity contribution in [3.63, 3.8) is 0 Å². The van der Waals surface area contributed by atoms with Crippen LogP contribution in [0.4, 0.5) is 10.1 Å². The van der Waals surface area contributed by atoms with E-state index in [0.717, 1.165) is 31.6 Å². The summed E-state index contributed by atoms with van der Waals surface area (Å²) in [4.78, 5) is 14.4. The van der Waals surface area contributed by atoms with Gasteiger partial charge in [-0.1, -0.05) is 12.1 Å². The molecule has 1 aliphatic rings. The Kier molecular flexibility index (Phi) is 5.83. The number of hydrogen-bond donors (Lipinski definition) is 1. The Morgan fingerprint density at radius 3 is 2.92 bits per heavy atom. The van der Waals surface area contributed by atoms with E-state index in [1.165, 1.54) is 23.3 Å². The van der Waals surface area contributed by atoms with Crippen molar-refractivity contribution < 1.29 is 9.18 Å². The van der Waals surface area contributed by atoms with Gasteiger partial charge in [0.15, 0.2) is 0 Å². The predicted octanol–water partition coefficient (Wildman–Crippen LogP) is 3.47. The number of carbonyl (C=O) groups is 1. The minimum Gasteiger partial charge on any atom is -0.326 e. The van der Waals surface area contributed by atoms with Gasteiger partial charge in [0.1, 0.15) is 5.82 Å². The van der Waals surface area contributed by atoms with Crippen molar-refractivity contribution in [2.45, 2.75) is 33.2 Å². The summed E-state index contributed by atoms with van der Waals surface area (Å²) in [6.45, 7) is 7.25. The molecule has 138 valence electrons. The minimum absolute atomic E-state index is 0.0855. The molecule has 6 heteroatoms. The summed E-state index contributed by atoms with van der Waals surface area (Å²) in [6, 6.07) is 4.43. The van der Waals surface area contributed by atoms with E-state index in [2.05, 4.69) is 34.5 Å². The first-order valence-corrected chi connectivity index (χ1v) is 9.05. The van der Waals surface area contributed by atoms with Crippen LogP contribution >= 0.6 is 0 Å². The molecule has 0 radical (unpaired) electrons. The molecule has 3 rings (SSSR count). The van der Waals surface area contributed by atoms with E-state index >= 15 is 0 Å². The van der Waals surface area contributed by atoms with Crippen molar-refractivity contribution in [1.82, 2.24) is 14.7 Å². The quantitative estimate of drug-likeness (QED) is 0.862. The molecule has 2 aromatic rings. The van der Waals surface area contributed by atoms with Crippen LogP contribution in [-0.4, -0.2) is 40.2 Å². The van der Waals surface area contributed by atoms with E-state index in [9.17, 15) is 9.18 Å². The smallest absolute Gasteiger partial charge is 0.225 e. The van der Waals surface area contributed by atoms with Gasteiger partial charge in [0, 0.05) is 50.0 Å². The molecule has 1 aromatic heterocycles. The van der Waals surface area contributed by atoms with E-state index in [1.807, 2.05) is 17.8 Å². The number of nitrogens with one attached hydrogen (secondary N) is 1. The third kappa shape index (κ3) is 4.58. The van der Waals surface area contributed by atoms with Gasteiger partial charge < -0.3 is 5.32 Å². The normalized spacial score (nSPS) is 15.0. The number of amides is 1. The maximum Gasteiger partial charge on any atom is 0.225 e. The highest BCUT2D eigenvalue weighted by atomic mass is 19.1. The lowest BCUT2D eigenvalue weighted by Gasteiger charge is -2.25. The first kappa shape index (κ1) is 18.3. The Morgan fingerprint density at radius 1 is 1.38 bits per heavy atom. The highest BCUT2D eigenvalue weighted by Gasteiger charge is 2.15. The van der Waals surface area contributed by atoms with E-state index in [0.29, 0.717) is 18.7 Å². The molecule has 1 N–H and O–H groups in total. The van der Waals surface area contributed by atoms with Gasteiger partial charge in [0.2, 0.25) is 5.91 Å². The van der Waals surface area contributed by atoms with E-state index in [1.54, 1.807) is 6.07 Å². The van der Waals surface area contributed by atoms with E-state index in [4.69, 9.17) is 0 Å². The molecule has 0 unspecified atom stereocenters. The predicted molar refractivity (Wildman–Crippen MR) is 101 cm³/mol. The van der Waals surface area contributed by atoms with Crippen LogP contribution in [-0.2, 0) is 11.3 Å². The maximum absolute atomic E-state index is 13.3. The van der Waals surface area contributed by atoms with Gasteiger partial charge in [-0.25, -0.2) is 4.39 Å². The van der Waals surface area contributed by atoms with Crippen molar-refractivity contribution in [2.24, 2.45) is 0 Å². The second kappa shape index (κ2) is 8.27. The molecule has 0 saturated heterocycles. The number of hydrogen-bond acceptors (Lipinski definition) is 3. The highest BCUT2D eigenvalue weighted by Crippen LogP contribution is 2.22. The molecule has 0 saturated carbocycles. The molecule has 0 fully saturated rings. The van der Waals surface area contributed by atoms with Gasteiger partial charge in [-0.2, -0.15) is 5.10 Å². The van der Waals surface area contributed by atoms with Crippen LogP contribution in [0.25, 0.3) is 5.57 Å². The molecular formula is C20H25FN4O. The lowest BCUT2D eigenvalue weighted by molar-refractivity contribution is -0.116. The van der Waals surface area contributed by atoms with Crippen LogP contribution in [0.5, 0.6) is 0 Å². The van der Waals surface area contributed by atoms with Crippen LogP contribution in [0.2, 0.25) is 0 Å². The first-order chi connectivity index (χ1) is 12.5. The minimum atomic E-state index is -0.342. The fourth-order valence-electron chi connectivity index (χ4n) is 3.08. The summed E-state index contributed by atoms with van der Waals surface area (Å²) in [6.07, 6.45) is 7.57. The maximum atomic E-state index is 13.3. The van der Waals surface area contributed by atoms with Gasteiger partial charge in [-0.15, -0.1) is 0 Å². The van der Waals surface area contributed by atoms with Crippen LogP contribution in [0.3, 0.4) is 0 Å². The molecule has 2 heterocycles. The van der Waals surface area contributed by atoms with Gasteiger partial charge in [-0.3, -0.25) is 14.4 Å². The third-order valence-electron chi connectivity index (χ3n) is 4.75. The molecule has 26 heavy (non-hydrogen) atoms. The lowest BCUT2D eigenvalue weighted by atomic mass is 10.0. The molecule has 1 aliphatic heterocycles. The summed E-state index contributed by atoms with van der Waals surface area (Å²) < 4.78 is 15.2. The first-order valence-electron chi connectivity index (χ1n) is 9.05. The molecule has 0 atom stereocenters. The van der Waals surface area contributed by atoms with Crippen molar-refractivity contribution in [1.29, 1.82) is 0 Å². The van der Waals surface area contributed by atoms with Gasteiger partial charge >= 0.3 is 0 Å². The summed E-state index contributed by atoms with van der Waals surface area (Å²) in [5.41, 5.74) is 3.91. The average Bonchev–Trinajstić information content (AvgIpc) is 3.13. The van der Waals surface area contributed by atoms with Gasteiger partial charge in [0.25, 0.3) is 0 Å².